The minimum atomic E-state index is -0.302. The number of anilines is 1. The van der Waals surface area contributed by atoms with Gasteiger partial charge in [-0.15, -0.1) is 0 Å². The third-order valence-corrected chi connectivity index (χ3v) is 3.86. The summed E-state index contributed by atoms with van der Waals surface area (Å²) in [7, 11) is 0. The van der Waals surface area contributed by atoms with Crippen LogP contribution in [-0.2, 0) is 0 Å². The number of hydrazone groups is 1. The zero-order chi connectivity index (χ0) is 19.1. The van der Waals surface area contributed by atoms with E-state index < -0.39 is 0 Å². The van der Waals surface area contributed by atoms with Crippen LogP contribution in [0.4, 0.5) is 5.69 Å². The van der Waals surface area contributed by atoms with Gasteiger partial charge in [0.15, 0.2) is 0 Å². The van der Waals surface area contributed by atoms with Gasteiger partial charge < -0.3 is 5.32 Å². The minimum absolute atomic E-state index is 0.168. The summed E-state index contributed by atoms with van der Waals surface area (Å²) in [4.78, 5) is 28.0. The molecule has 0 spiro atoms. The molecule has 27 heavy (non-hydrogen) atoms. The molecule has 0 unspecified atom stereocenters. The molecular formula is C21H18N4O2. The molecule has 0 fully saturated rings. The van der Waals surface area contributed by atoms with Crippen LogP contribution in [0.5, 0.6) is 0 Å². The molecule has 6 nitrogen and oxygen atoms in total. The lowest BCUT2D eigenvalue weighted by molar-refractivity contribution is 0.0954. The molecule has 0 aliphatic heterocycles. The number of hydrogen-bond acceptors (Lipinski definition) is 4. The van der Waals surface area contributed by atoms with Gasteiger partial charge in [-0.25, -0.2) is 5.43 Å². The Morgan fingerprint density at radius 2 is 1.41 bits per heavy atom. The van der Waals surface area contributed by atoms with Crippen LogP contribution in [0.15, 0.2) is 84.2 Å². The maximum Gasteiger partial charge on any atom is 0.271 e. The fourth-order valence-electron chi connectivity index (χ4n) is 2.35. The zero-order valence-electron chi connectivity index (χ0n) is 14.7. The van der Waals surface area contributed by atoms with Gasteiger partial charge in [-0.1, -0.05) is 30.3 Å². The fourth-order valence-corrected chi connectivity index (χ4v) is 2.35. The highest BCUT2D eigenvalue weighted by molar-refractivity contribution is 6.05. The average molecular weight is 358 g/mol. The van der Waals surface area contributed by atoms with Crippen molar-refractivity contribution in [2.24, 2.45) is 5.10 Å². The first kappa shape index (κ1) is 18.0. The molecule has 0 radical (unpaired) electrons. The van der Waals surface area contributed by atoms with E-state index in [4.69, 9.17) is 0 Å². The molecule has 0 aliphatic rings. The van der Waals surface area contributed by atoms with Crippen LogP contribution in [0.3, 0.4) is 0 Å². The molecule has 3 rings (SSSR count). The second-order valence-electron chi connectivity index (χ2n) is 5.77. The van der Waals surface area contributed by atoms with E-state index in [2.05, 4.69) is 20.8 Å². The van der Waals surface area contributed by atoms with Crippen LogP contribution in [0.2, 0.25) is 0 Å². The number of rotatable bonds is 5. The summed E-state index contributed by atoms with van der Waals surface area (Å²) in [5.41, 5.74) is 5.77. The van der Waals surface area contributed by atoms with E-state index in [9.17, 15) is 9.59 Å². The topological polar surface area (TPSA) is 83.4 Å². The van der Waals surface area contributed by atoms with E-state index in [-0.39, 0.29) is 11.8 Å². The molecular weight excluding hydrogens is 340 g/mol. The number of amides is 2. The molecule has 6 heteroatoms. The molecule has 3 aromatic rings. The molecule has 1 aromatic heterocycles. The number of hydrogen-bond donors (Lipinski definition) is 2. The second kappa shape index (κ2) is 8.53. The summed E-state index contributed by atoms with van der Waals surface area (Å²) in [6.07, 6.45) is 3.10. The first-order chi connectivity index (χ1) is 13.1. The van der Waals surface area contributed by atoms with Gasteiger partial charge in [-0.05, 0) is 48.9 Å². The van der Waals surface area contributed by atoms with Gasteiger partial charge >= 0.3 is 0 Å². The van der Waals surface area contributed by atoms with Gasteiger partial charge in [0.05, 0.1) is 5.71 Å². The minimum Gasteiger partial charge on any atom is -0.322 e. The van der Waals surface area contributed by atoms with Crippen molar-refractivity contribution >= 4 is 23.2 Å². The second-order valence-corrected chi connectivity index (χ2v) is 5.77. The highest BCUT2D eigenvalue weighted by atomic mass is 16.2. The molecule has 0 atom stereocenters. The number of pyridine rings is 1. The number of aromatic nitrogens is 1. The summed E-state index contributed by atoms with van der Waals surface area (Å²) < 4.78 is 0. The van der Waals surface area contributed by atoms with E-state index in [1.54, 1.807) is 55.7 Å². The van der Waals surface area contributed by atoms with Crippen LogP contribution in [0.25, 0.3) is 0 Å². The first-order valence-corrected chi connectivity index (χ1v) is 8.35. The summed E-state index contributed by atoms with van der Waals surface area (Å²) in [5, 5.41) is 6.96. The Hall–Kier alpha value is -3.80. The van der Waals surface area contributed by atoms with Crippen molar-refractivity contribution in [2.45, 2.75) is 6.92 Å². The maximum atomic E-state index is 12.2. The Bertz CT molecular complexity index is 952. The van der Waals surface area contributed by atoms with Gasteiger partial charge in [-0.2, -0.15) is 5.10 Å². The molecule has 1 heterocycles. The van der Waals surface area contributed by atoms with Crippen LogP contribution < -0.4 is 10.7 Å². The molecule has 2 amide bonds. The third kappa shape index (κ3) is 4.85. The van der Waals surface area contributed by atoms with E-state index in [0.29, 0.717) is 22.5 Å². The Morgan fingerprint density at radius 1 is 0.778 bits per heavy atom. The van der Waals surface area contributed by atoms with Gasteiger partial charge in [0.1, 0.15) is 0 Å². The van der Waals surface area contributed by atoms with Crippen molar-refractivity contribution in [2.75, 3.05) is 5.32 Å². The molecule has 2 N–H and O–H groups in total. The largest absolute Gasteiger partial charge is 0.322 e. The standard InChI is InChI=1S/C21H18N4O2/c1-15(24-25-21(27)18-11-13-22-14-12-18)16-7-9-19(10-8-16)23-20(26)17-5-3-2-4-6-17/h2-14H,1H3,(H,23,26)(H,25,27). The normalized spacial score (nSPS) is 10.9. The highest BCUT2D eigenvalue weighted by Crippen LogP contribution is 2.12. The van der Waals surface area contributed by atoms with Crippen molar-refractivity contribution in [3.8, 4) is 0 Å². The number of nitrogens with zero attached hydrogens (tertiary/aromatic N) is 2. The Morgan fingerprint density at radius 3 is 2.07 bits per heavy atom. The number of carbonyl (C=O) groups excluding carboxylic acids is 2. The number of benzene rings is 2. The molecule has 0 saturated heterocycles. The lowest BCUT2D eigenvalue weighted by atomic mass is 10.1. The van der Waals surface area contributed by atoms with E-state index in [0.717, 1.165) is 5.56 Å². The van der Waals surface area contributed by atoms with Gasteiger partial charge in [0, 0.05) is 29.2 Å². The van der Waals surface area contributed by atoms with E-state index in [1.807, 2.05) is 30.3 Å². The Labute approximate surface area is 157 Å². The summed E-state index contributed by atoms with van der Waals surface area (Å²) in [5.74, 6) is -0.471. The molecule has 0 bridgehead atoms. The summed E-state index contributed by atoms with van der Waals surface area (Å²) in [6, 6.07) is 19.5. The molecule has 0 saturated carbocycles. The van der Waals surface area contributed by atoms with Crippen LogP contribution >= 0.6 is 0 Å². The summed E-state index contributed by atoms with van der Waals surface area (Å²) >= 11 is 0. The van der Waals surface area contributed by atoms with Crippen molar-refractivity contribution < 1.29 is 9.59 Å². The van der Waals surface area contributed by atoms with Crippen molar-refractivity contribution in [3.63, 3.8) is 0 Å². The third-order valence-electron chi connectivity index (χ3n) is 3.86. The van der Waals surface area contributed by atoms with E-state index >= 15 is 0 Å². The van der Waals surface area contributed by atoms with Gasteiger partial charge in [-0.3, -0.25) is 14.6 Å². The van der Waals surface area contributed by atoms with Crippen LogP contribution in [-0.4, -0.2) is 22.5 Å². The number of carbonyl (C=O) groups is 2. The summed E-state index contributed by atoms with van der Waals surface area (Å²) in [6.45, 7) is 1.80. The van der Waals surface area contributed by atoms with Gasteiger partial charge in [0.25, 0.3) is 11.8 Å². The fraction of sp³-hybridized carbons (Fsp3) is 0.0476. The maximum absolute atomic E-state index is 12.2. The molecule has 2 aromatic carbocycles. The van der Waals surface area contributed by atoms with Crippen molar-refractivity contribution in [3.05, 3.63) is 95.8 Å². The quantitative estimate of drug-likeness (QED) is 0.541. The smallest absolute Gasteiger partial charge is 0.271 e. The average Bonchev–Trinajstić information content (AvgIpc) is 2.73. The highest BCUT2D eigenvalue weighted by Gasteiger charge is 2.06. The van der Waals surface area contributed by atoms with Crippen LogP contribution in [0.1, 0.15) is 33.2 Å². The SMILES string of the molecule is CC(=NNC(=O)c1ccncc1)c1ccc(NC(=O)c2ccccc2)cc1. The first-order valence-electron chi connectivity index (χ1n) is 8.35. The van der Waals surface area contributed by atoms with Crippen molar-refractivity contribution in [1.29, 1.82) is 0 Å². The van der Waals surface area contributed by atoms with Gasteiger partial charge in [0.2, 0.25) is 0 Å². The lowest BCUT2D eigenvalue weighted by Gasteiger charge is -2.07. The molecule has 0 aliphatic carbocycles. The Balaban J connectivity index is 1.62. The van der Waals surface area contributed by atoms with Crippen molar-refractivity contribution in [1.82, 2.24) is 10.4 Å². The van der Waals surface area contributed by atoms with E-state index in [1.165, 1.54) is 0 Å². The predicted molar refractivity (Wildman–Crippen MR) is 105 cm³/mol. The Kier molecular flexibility index (Phi) is 5.69. The number of nitrogens with one attached hydrogen (secondary N) is 2. The zero-order valence-corrected chi connectivity index (χ0v) is 14.7. The predicted octanol–water partition coefficient (Wildman–Crippen LogP) is 3.49. The monoisotopic (exact) mass is 358 g/mol. The lowest BCUT2D eigenvalue weighted by Crippen LogP contribution is -2.19. The van der Waals surface area contributed by atoms with Crippen LogP contribution in [0, 0.1) is 0 Å². The molecule has 134 valence electrons.